The third-order valence-electron chi connectivity index (χ3n) is 5.41. The highest BCUT2D eigenvalue weighted by Gasteiger charge is 2.29. The lowest BCUT2D eigenvalue weighted by molar-refractivity contribution is -0.132. The topological polar surface area (TPSA) is 83.1 Å². The quantitative estimate of drug-likeness (QED) is 0.896. The summed E-state index contributed by atoms with van der Waals surface area (Å²) in [6, 6.07) is 6.13. The summed E-state index contributed by atoms with van der Waals surface area (Å²) in [5.74, 6) is 1.27. The molecule has 6 nitrogen and oxygen atoms in total. The summed E-state index contributed by atoms with van der Waals surface area (Å²) in [6.45, 7) is 3.46. The molecule has 0 saturated carbocycles. The second kappa shape index (κ2) is 6.54. The number of piperidine rings is 1. The van der Waals surface area contributed by atoms with Gasteiger partial charge in [-0.1, -0.05) is 18.2 Å². The molecule has 2 aromatic rings. The molecule has 0 unspecified atom stereocenters. The Labute approximate surface area is 153 Å². The lowest BCUT2D eigenvalue weighted by Crippen LogP contribution is -2.39. The van der Waals surface area contributed by atoms with E-state index in [2.05, 4.69) is 18.0 Å². The van der Waals surface area contributed by atoms with Gasteiger partial charge in [-0.05, 0) is 31.4 Å². The number of likely N-dealkylation sites (tertiary alicyclic amines) is 1. The molecule has 138 valence electrons. The van der Waals surface area contributed by atoms with E-state index in [1.807, 2.05) is 17.0 Å². The van der Waals surface area contributed by atoms with Crippen molar-refractivity contribution in [2.45, 2.75) is 32.1 Å². The molecule has 0 radical (unpaired) electrons. The maximum atomic E-state index is 12.5. The predicted molar refractivity (Wildman–Crippen MR) is 100 cm³/mol. The second-order valence-electron chi connectivity index (χ2n) is 7.37. The van der Waals surface area contributed by atoms with Crippen molar-refractivity contribution in [3.63, 3.8) is 0 Å². The monoisotopic (exact) mass is 373 g/mol. The van der Waals surface area contributed by atoms with Crippen LogP contribution in [0.15, 0.2) is 29.7 Å². The zero-order valence-electron chi connectivity index (χ0n) is 14.8. The molecular formula is C19H23N3O3S. The number of hydrogen-bond acceptors (Lipinski definition) is 4. The van der Waals surface area contributed by atoms with Crippen LogP contribution in [0.1, 0.15) is 36.6 Å². The minimum Gasteiger partial charge on any atom is -0.343 e. The molecule has 1 amide bonds. The van der Waals surface area contributed by atoms with Crippen LogP contribution in [-0.2, 0) is 14.6 Å². The fourth-order valence-corrected chi connectivity index (χ4v) is 5.31. The van der Waals surface area contributed by atoms with Gasteiger partial charge in [0.1, 0.15) is 5.82 Å². The number of imidazole rings is 1. The fraction of sp³-hybridized carbons (Fsp3) is 0.474. The van der Waals surface area contributed by atoms with Gasteiger partial charge in [-0.15, -0.1) is 0 Å². The Hall–Kier alpha value is -2.15. The van der Waals surface area contributed by atoms with E-state index in [0.29, 0.717) is 19.0 Å². The number of para-hydroxylation sites is 1. The van der Waals surface area contributed by atoms with Crippen LogP contribution in [0.2, 0.25) is 0 Å². The molecule has 2 aliphatic rings. The third-order valence-corrected chi connectivity index (χ3v) is 6.87. The Balaban J connectivity index is 1.37. The molecule has 7 heteroatoms. The van der Waals surface area contributed by atoms with Crippen molar-refractivity contribution < 1.29 is 13.2 Å². The minimum absolute atomic E-state index is 0.0515. The van der Waals surface area contributed by atoms with Gasteiger partial charge in [0.05, 0.1) is 16.8 Å². The summed E-state index contributed by atoms with van der Waals surface area (Å²) in [4.78, 5) is 22.5. The number of nitrogens with one attached hydrogen (secondary N) is 1. The summed E-state index contributed by atoms with van der Waals surface area (Å²) in [5.41, 5.74) is 3.25. The molecule has 1 atom stereocenters. The third kappa shape index (κ3) is 3.40. The standard InChI is InChI=1S/C19H23N3O3S/c1-13-3-2-4-16-18(13)21-19(20-16)15-5-8-22(9-6-15)17(23)11-14-7-10-26(24,25)12-14/h2-4,7,10,14-15H,5-6,8-9,11-12H2,1H3,(H,20,21)/t14-/m0/s1. The van der Waals surface area contributed by atoms with Crippen molar-refractivity contribution in [3.05, 3.63) is 41.1 Å². The minimum atomic E-state index is -3.10. The zero-order chi connectivity index (χ0) is 18.3. The number of benzene rings is 1. The molecule has 0 spiro atoms. The smallest absolute Gasteiger partial charge is 0.223 e. The van der Waals surface area contributed by atoms with Crippen molar-refractivity contribution in [3.8, 4) is 0 Å². The van der Waals surface area contributed by atoms with Crippen LogP contribution in [0, 0.1) is 12.8 Å². The van der Waals surface area contributed by atoms with E-state index in [-0.39, 0.29) is 24.0 Å². The molecule has 1 saturated heterocycles. The first kappa shape index (κ1) is 17.3. The molecule has 4 rings (SSSR count). The van der Waals surface area contributed by atoms with Crippen LogP contribution >= 0.6 is 0 Å². The highest BCUT2D eigenvalue weighted by atomic mass is 32.2. The van der Waals surface area contributed by atoms with Crippen molar-refractivity contribution >= 4 is 26.8 Å². The number of aromatic nitrogens is 2. The maximum Gasteiger partial charge on any atom is 0.223 e. The largest absolute Gasteiger partial charge is 0.343 e. The highest BCUT2D eigenvalue weighted by Crippen LogP contribution is 2.29. The van der Waals surface area contributed by atoms with Gasteiger partial charge >= 0.3 is 0 Å². The van der Waals surface area contributed by atoms with Gasteiger partial charge in [-0.3, -0.25) is 4.79 Å². The number of fused-ring (bicyclic) bond motifs is 1. The summed E-state index contributed by atoms with van der Waals surface area (Å²) in [5, 5.41) is 1.24. The molecule has 1 aromatic carbocycles. The Morgan fingerprint density at radius 1 is 1.31 bits per heavy atom. The number of aryl methyl sites for hydroxylation is 1. The van der Waals surface area contributed by atoms with Gasteiger partial charge in [0.25, 0.3) is 0 Å². The van der Waals surface area contributed by atoms with Crippen molar-refractivity contribution in [1.82, 2.24) is 14.9 Å². The lowest BCUT2D eigenvalue weighted by Gasteiger charge is -2.31. The molecule has 1 aromatic heterocycles. The van der Waals surface area contributed by atoms with Crippen LogP contribution in [0.5, 0.6) is 0 Å². The molecule has 26 heavy (non-hydrogen) atoms. The number of allylic oxidation sites excluding steroid dienone is 1. The van der Waals surface area contributed by atoms with Crippen LogP contribution < -0.4 is 0 Å². The summed E-state index contributed by atoms with van der Waals surface area (Å²) in [6.07, 6.45) is 3.69. The first-order valence-corrected chi connectivity index (χ1v) is 10.8. The maximum absolute atomic E-state index is 12.5. The van der Waals surface area contributed by atoms with Crippen LogP contribution in [0.3, 0.4) is 0 Å². The highest BCUT2D eigenvalue weighted by molar-refractivity contribution is 7.94. The molecule has 0 bridgehead atoms. The van der Waals surface area contributed by atoms with Crippen molar-refractivity contribution in [2.75, 3.05) is 18.8 Å². The van der Waals surface area contributed by atoms with Gasteiger partial charge < -0.3 is 9.88 Å². The van der Waals surface area contributed by atoms with E-state index in [9.17, 15) is 13.2 Å². The van der Waals surface area contributed by atoms with E-state index >= 15 is 0 Å². The van der Waals surface area contributed by atoms with E-state index in [1.54, 1.807) is 6.08 Å². The van der Waals surface area contributed by atoms with Gasteiger partial charge in [0.15, 0.2) is 9.84 Å². The number of carbonyl (C=O) groups excluding carboxylic acids is 1. The number of hydrogen-bond donors (Lipinski definition) is 1. The number of H-pyrrole nitrogens is 1. The van der Waals surface area contributed by atoms with Crippen molar-refractivity contribution in [1.29, 1.82) is 0 Å². The summed E-state index contributed by atoms with van der Waals surface area (Å²) < 4.78 is 22.9. The van der Waals surface area contributed by atoms with E-state index in [0.717, 1.165) is 35.3 Å². The van der Waals surface area contributed by atoms with E-state index < -0.39 is 9.84 Å². The number of amides is 1. The van der Waals surface area contributed by atoms with Crippen molar-refractivity contribution in [2.24, 2.45) is 5.92 Å². The van der Waals surface area contributed by atoms with Crippen LogP contribution in [0.4, 0.5) is 0 Å². The second-order valence-corrected chi connectivity index (χ2v) is 9.30. The van der Waals surface area contributed by atoms with Gasteiger partial charge in [-0.25, -0.2) is 13.4 Å². The number of carbonyl (C=O) groups is 1. The van der Waals surface area contributed by atoms with E-state index in [4.69, 9.17) is 4.98 Å². The fourth-order valence-electron chi connectivity index (χ4n) is 3.91. The Morgan fingerprint density at radius 2 is 2.08 bits per heavy atom. The SMILES string of the molecule is Cc1cccc2[nH]c(C3CCN(C(=O)C[C@@H]4C=CS(=O)(=O)C4)CC3)nc12. The normalized spacial score (nSPS) is 23.0. The van der Waals surface area contributed by atoms with E-state index in [1.165, 1.54) is 5.41 Å². The average Bonchev–Trinajstić information content (AvgIpc) is 3.19. The van der Waals surface area contributed by atoms with Crippen LogP contribution in [0.25, 0.3) is 11.0 Å². The Kier molecular flexibility index (Phi) is 4.34. The molecule has 3 heterocycles. The Morgan fingerprint density at radius 3 is 2.73 bits per heavy atom. The zero-order valence-corrected chi connectivity index (χ0v) is 15.6. The van der Waals surface area contributed by atoms with Gasteiger partial charge in [0, 0.05) is 36.8 Å². The number of nitrogens with zero attached hydrogens (tertiary/aromatic N) is 2. The predicted octanol–water partition coefficient (Wildman–Crippen LogP) is 2.53. The average molecular weight is 373 g/mol. The lowest BCUT2D eigenvalue weighted by atomic mass is 9.95. The number of sulfone groups is 1. The molecular weight excluding hydrogens is 350 g/mol. The van der Waals surface area contributed by atoms with Crippen LogP contribution in [-0.4, -0.2) is 48.0 Å². The van der Waals surface area contributed by atoms with Gasteiger partial charge in [0.2, 0.25) is 5.91 Å². The molecule has 1 fully saturated rings. The first-order valence-electron chi connectivity index (χ1n) is 9.05. The number of aromatic amines is 1. The van der Waals surface area contributed by atoms with Gasteiger partial charge in [-0.2, -0.15) is 0 Å². The summed E-state index contributed by atoms with van der Waals surface area (Å²) in [7, 11) is -3.10. The number of rotatable bonds is 3. The summed E-state index contributed by atoms with van der Waals surface area (Å²) >= 11 is 0. The molecule has 2 aliphatic heterocycles. The molecule has 1 N–H and O–H groups in total. The first-order chi connectivity index (χ1) is 12.4. The molecule has 0 aliphatic carbocycles. The Bertz CT molecular complexity index is 969.